The number of ether oxygens (including phenoxy) is 2. The fourth-order valence-corrected chi connectivity index (χ4v) is 3.85. The number of carbonyl (C=O) groups excluding carboxylic acids is 1. The number of anilines is 1. The Bertz CT molecular complexity index is 1190. The second kappa shape index (κ2) is 8.76. The van der Waals surface area contributed by atoms with Crippen LogP contribution in [0.15, 0.2) is 29.4 Å². The minimum absolute atomic E-state index is 0.0606. The normalized spacial score (nSPS) is 11.6. The molecular formula is C19H23N5O5S. The molecule has 0 fully saturated rings. The van der Waals surface area contributed by atoms with Gasteiger partial charge < -0.3 is 9.47 Å². The van der Waals surface area contributed by atoms with Crippen molar-refractivity contribution in [2.24, 2.45) is 0 Å². The highest BCUT2D eigenvalue weighted by molar-refractivity contribution is 7.92. The lowest BCUT2D eigenvalue weighted by Gasteiger charge is -2.13. The topological polar surface area (TPSA) is 125 Å². The highest BCUT2D eigenvalue weighted by Crippen LogP contribution is 2.24. The van der Waals surface area contributed by atoms with Crippen LogP contribution in [0.2, 0.25) is 0 Å². The molecule has 0 spiro atoms. The first-order chi connectivity index (χ1) is 14.2. The Kier molecular flexibility index (Phi) is 6.32. The molecule has 10 nitrogen and oxygen atoms in total. The van der Waals surface area contributed by atoms with Gasteiger partial charge in [0.1, 0.15) is 6.61 Å². The molecule has 30 heavy (non-hydrogen) atoms. The molecule has 11 heteroatoms. The Morgan fingerprint density at radius 2 is 1.93 bits per heavy atom. The maximum Gasteiger partial charge on any atom is 0.340 e. The number of aromatic nitrogens is 4. The van der Waals surface area contributed by atoms with Crippen LogP contribution in [0.1, 0.15) is 34.2 Å². The third kappa shape index (κ3) is 4.57. The molecule has 3 aromatic rings. The fraction of sp³-hybridized carbons (Fsp3) is 0.368. The molecular weight excluding hydrogens is 410 g/mol. The first kappa shape index (κ1) is 21.7. The maximum atomic E-state index is 12.9. The number of nitrogens with one attached hydrogen (secondary N) is 1. The van der Waals surface area contributed by atoms with Crippen LogP contribution in [0.25, 0.3) is 5.78 Å². The van der Waals surface area contributed by atoms with Gasteiger partial charge >= 0.3 is 5.97 Å². The van der Waals surface area contributed by atoms with Crippen molar-refractivity contribution in [3.8, 4) is 0 Å². The zero-order chi connectivity index (χ0) is 21.9. The van der Waals surface area contributed by atoms with Crippen molar-refractivity contribution in [1.29, 1.82) is 0 Å². The Hall–Kier alpha value is -3.05. The predicted octanol–water partition coefficient (Wildman–Crippen LogP) is 2.04. The van der Waals surface area contributed by atoms with Gasteiger partial charge in [-0.1, -0.05) is 12.1 Å². The maximum absolute atomic E-state index is 12.9. The Labute approximate surface area is 174 Å². The predicted molar refractivity (Wildman–Crippen MR) is 109 cm³/mol. The van der Waals surface area contributed by atoms with E-state index in [1.165, 1.54) is 10.6 Å². The van der Waals surface area contributed by atoms with E-state index in [4.69, 9.17) is 9.47 Å². The van der Waals surface area contributed by atoms with E-state index in [0.717, 1.165) is 0 Å². The number of aryl methyl sites for hydroxylation is 3. The smallest absolute Gasteiger partial charge is 0.340 e. The van der Waals surface area contributed by atoms with Crippen LogP contribution in [-0.2, 0) is 19.5 Å². The van der Waals surface area contributed by atoms with Gasteiger partial charge in [0.15, 0.2) is 0 Å². The summed E-state index contributed by atoms with van der Waals surface area (Å²) < 4.78 is 40.0. The number of esters is 1. The zero-order valence-electron chi connectivity index (χ0n) is 17.2. The Morgan fingerprint density at radius 3 is 2.67 bits per heavy atom. The van der Waals surface area contributed by atoms with Crippen molar-refractivity contribution in [2.45, 2.75) is 32.9 Å². The van der Waals surface area contributed by atoms with Gasteiger partial charge in [0.25, 0.3) is 21.0 Å². The molecule has 0 saturated heterocycles. The molecule has 0 bridgehead atoms. The molecule has 1 N–H and O–H groups in total. The van der Waals surface area contributed by atoms with Gasteiger partial charge in [0.05, 0.1) is 17.9 Å². The number of rotatable bonds is 8. The third-order valence-corrected chi connectivity index (χ3v) is 5.36. The molecule has 0 amide bonds. The molecule has 0 atom stereocenters. The minimum Gasteiger partial charge on any atom is -0.460 e. The van der Waals surface area contributed by atoms with Crippen LogP contribution in [0.5, 0.6) is 0 Å². The van der Waals surface area contributed by atoms with E-state index in [-0.39, 0.29) is 30.2 Å². The standard InChI is InChI=1S/C19H23N5O5S/c1-5-28-9-10-29-17(25)15-8-6-7-12(2)16(15)23-30(26,27)19-21-18-20-13(3)11-14(4)24(18)22-19/h6-8,11,23H,5,9-10H2,1-4H3. The van der Waals surface area contributed by atoms with Crippen LogP contribution in [0.3, 0.4) is 0 Å². The van der Waals surface area contributed by atoms with Crippen molar-refractivity contribution >= 4 is 27.5 Å². The van der Waals surface area contributed by atoms with Crippen LogP contribution < -0.4 is 4.72 Å². The van der Waals surface area contributed by atoms with Gasteiger partial charge in [0.2, 0.25) is 0 Å². The van der Waals surface area contributed by atoms with Crippen molar-refractivity contribution < 1.29 is 22.7 Å². The second-order valence-electron chi connectivity index (χ2n) is 6.58. The summed E-state index contributed by atoms with van der Waals surface area (Å²) in [4.78, 5) is 20.7. The lowest BCUT2D eigenvalue weighted by Crippen LogP contribution is -2.19. The molecule has 2 aromatic heterocycles. The SMILES string of the molecule is CCOCCOC(=O)c1cccc(C)c1NS(=O)(=O)c1nc2nc(C)cc(C)n2n1. The van der Waals surface area contributed by atoms with Crippen LogP contribution in [-0.4, -0.2) is 53.8 Å². The fourth-order valence-electron chi connectivity index (χ4n) is 2.83. The van der Waals surface area contributed by atoms with E-state index >= 15 is 0 Å². The van der Waals surface area contributed by atoms with E-state index in [1.807, 2.05) is 6.92 Å². The third-order valence-electron chi connectivity index (χ3n) is 4.23. The lowest BCUT2D eigenvalue weighted by atomic mass is 10.1. The molecule has 0 saturated carbocycles. The summed E-state index contributed by atoms with van der Waals surface area (Å²) in [6.07, 6.45) is 0. The first-order valence-electron chi connectivity index (χ1n) is 9.31. The van der Waals surface area contributed by atoms with Crippen LogP contribution >= 0.6 is 0 Å². The van der Waals surface area contributed by atoms with Gasteiger partial charge in [-0.2, -0.15) is 13.4 Å². The molecule has 2 heterocycles. The van der Waals surface area contributed by atoms with Crippen molar-refractivity contribution in [1.82, 2.24) is 19.6 Å². The number of para-hydroxylation sites is 1. The summed E-state index contributed by atoms with van der Waals surface area (Å²) in [5, 5.41) is 3.61. The summed E-state index contributed by atoms with van der Waals surface area (Å²) in [6, 6.07) is 6.58. The summed E-state index contributed by atoms with van der Waals surface area (Å²) in [6.45, 7) is 7.90. The van der Waals surface area contributed by atoms with E-state index in [1.54, 1.807) is 39.0 Å². The average Bonchev–Trinajstić information content (AvgIpc) is 3.12. The highest BCUT2D eigenvalue weighted by atomic mass is 32.2. The van der Waals surface area contributed by atoms with Crippen LogP contribution in [0, 0.1) is 20.8 Å². The van der Waals surface area contributed by atoms with Gasteiger partial charge in [-0.3, -0.25) is 4.72 Å². The number of fused-ring (bicyclic) bond motifs is 1. The summed E-state index contributed by atoms with van der Waals surface area (Å²) >= 11 is 0. The molecule has 0 radical (unpaired) electrons. The Balaban J connectivity index is 1.91. The van der Waals surface area contributed by atoms with Crippen molar-refractivity contribution in [2.75, 3.05) is 24.5 Å². The summed E-state index contributed by atoms with van der Waals surface area (Å²) in [7, 11) is -4.18. The van der Waals surface area contributed by atoms with Gasteiger partial charge in [0, 0.05) is 18.0 Å². The molecule has 3 rings (SSSR count). The molecule has 1 aromatic carbocycles. The van der Waals surface area contributed by atoms with Crippen LogP contribution in [0.4, 0.5) is 5.69 Å². The Morgan fingerprint density at radius 1 is 1.17 bits per heavy atom. The first-order valence-corrected chi connectivity index (χ1v) is 10.8. The zero-order valence-corrected chi connectivity index (χ0v) is 18.0. The number of sulfonamides is 1. The van der Waals surface area contributed by atoms with E-state index in [2.05, 4.69) is 19.8 Å². The number of nitrogens with zero attached hydrogens (tertiary/aromatic N) is 4. The van der Waals surface area contributed by atoms with Gasteiger partial charge in [-0.25, -0.2) is 14.3 Å². The molecule has 0 aliphatic heterocycles. The highest BCUT2D eigenvalue weighted by Gasteiger charge is 2.25. The van der Waals surface area contributed by atoms with Gasteiger partial charge in [-0.15, -0.1) is 5.10 Å². The number of hydrogen-bond donors (Lipinski definition) is 1. The largest absolute Gasteiger partial charge is 0.460 e. The quantitative estimate of drug-likeness (QED) is 0.423. The number of hydrogen-bond acceptors (Lipinski definition) is 8. The van der Waals surface area contributed by atoms with E-state index in [9.17, 15) is 13.2 Å². The van der Waals surface area contributed by atoms with E-state index in [0.29, 0.717) is 23.6 Å². The lowest BCUT2D eigenvalue weighted by molar-refractivity contribution is 0.0336. The summed E-state index contributed by atoms with van der Waals surface area (Å²) in [5.74, 6) is -0.486. The molecule has 160 valence electrons. The van der Waals surface area contributed by atoms with Crippen molar-refractivity contribution in [3.63, 3.8) is 0 Å². The summed E-state index contributed by atoms with van der Waals surface area (Å²) in [5.41, 5.74) is 2.13. The average molecular weight is 433 g/mol. The van der Waals surface area contributed by atoms with Gasteiger partial charge in [-0.05, 0) is 45.4 Å². The molecule has 0 aliphatic rings. The second-order valence-corrected chi connectivity index (χ2v) is 8.16. The number of carbonyl (C=O) groups is 1. The monoisotopic (exact) mass is 433 g/mol. The molecule has 0 aliphatic carbocycles. The minimum atomic E-state index is -4.18. The van der Waals surface area contributed by atoms with Crippen molar-refractivity contribution in [3.05, 3.63) is 46.8 Å². The number of benzene rings is 1. The van der Waals surface area contributed by atoms with E-state index < -0.39 is 21.1 Å². The molecule has 0 unspecified atom stereocenters.